The molecule has 0 radical (unpaired) electrons. The van der Waals surface area contributed by atoms with E-state index in [4.69, 9.17) is 39.2 Å². The fourth-order valence-corrected chi connectivity index (χ4v) is 10.8. The van der Waals surface area contributed by atoms with Gasteiger partial charge in [0.25, 0.3) is 0 Å². The van der Waals surface area contributed by atoms with Crippen LogP contribution >= 0.6 is 23.4 Å². The summed E-state index contributed by atoms with van der Waals surface area (Å²) in [7, 11) is 1.75. The van der Waals surface area contributed by atoms with Crippen molar-refractivity contribution in [3.8, 4) is 23.3 Å². The second-order valence-electron chi connectivity index (χ2n) is 15.4. The van der Waals surface area contributed by atoms with Gasteiger partial charge in [-0.2, -0.15) is 15.2 Å². The number of likely N-dealkylation sites (tertiary alicyclic amines) is 1. The van der Waals surface area contributed by atoms with E-state index in [-0.39, 0.29) is 86.5 Å². The standard InChI is InChI=1S/C37H40F2N8O4S.CH4OS/c1-48-22-9-37(6-2-7-46(37)15-22)18-51-36-43-32-29(35(44-36)47-19-3-4-20(47)13-45(12-19)14-21-5-8-50-21)25-17-49-16-24(25)27(30(32)39)31-28-23(10-40)34(41)52-33(28)26(38)11-42-31;1-3-2/h11,19-22H,2-9,12-18,41H2,1H3;2H,1H3. The highest BCUT2D eigenvalue weighted by Crippen LogP contribution is 2.48. The molecule has 0 spiro atoms. The van der Waals surface area contributed by atoms with Gasteiger partial charge in [0.1, 0.15) is 29.0 Å². The first-order chi connectivity index (χ1) is 26.8. The average molecular weight is 795 g/mol. The van der Waals surface area contributed by atoms with Crippen molar-refractivity contribution in [1.82, 2.24) is 24.8 Å². The average Bonchev–Trinajstić information content (AvgIpc) is 3.98. The van der Waals surface area contributed by atoms with Crippen molar-refractivity contribution in [2.24, 2.45) is 0 Å². The summed E-state index contributed by atoms with van der Waals surface area (Å²) < 4.78 is 64.5. The lowest BCUT2D eigenvalue weighted by Gasteiger charge is -2.44. The number of fused-ring (bicyclic) bond motifs is 7. The Morgan fingerprint density at radius 2 is 1.91 bits per heavy atom. The summed E-state index contributed by atoms with van der Waals surface area (Å²) in [6.07, 6.45) is 9.06. The molecule has 5 atom stereocenters. The van der Waals surface area contributed by atoms with Crippen LogP contribution in [0.5, 0.6) is 6.01 Å². The van der Waals surface area contributed by atoms with Gasteiger partial charge in [-0.25, -0.2) is 8.78 Å². The first-order valence-corrected chi connectivity index (χ1v) is 20.9. The van der Waals surface area contributed by atoms with Crippen LogP contribution in [0.25, 0.3) is 32.2 Å². The van der Waals surface area contributed by atoms with Crippen molar-refractivity contribution < 1.29 is 32.3 Å². The van der Waals surface area contributed by atoms with E-state index < -0.39 is 11.6 Å². The van der Waals surface area contributed by atoms with Crippen LogP contribution in [0.2, 0.25) is 0 Å². The minimum atomic E-state index is -0.629. The number of nitrogen functional groups attached to an aromatic ring is 1. The van der Waals surface area contributed by atoms with E-state index in [1.807, 2.05) is 0 Å². The second-order valence-corrected chi connectivity index (χ2v) is 16.8. The molecule has 0 amide bonds. The Bertz CT molecular complexity index is 2170. The number of hydrogen-bond donors (Lipinski definition) is 2. The molecule has 0 aliphatic carbocycles. The highest BCUT2D eigenvalue weighted by atomic mass is 32.2. The van der Waals surface area contributed by atoms with Crippen molar-refractivity contribution in [2.45, 2.75) is 81.6 Å². The monoisotopic (exact) mass is 794 g/mol. The van der Waals surface area contributed by atoms with Gasteiger partial charge in [-0.1, -0.05) is 0 Å². The van der Waals surface area contributed by atoms with Crippen molar-refractivity contribution in [1.29, 1.82) is 5.26 Å². The molecule has 6 aliphatic rings. The van der Waals surface area contributed by atoms with E-state index in [1.54, 1.807) is 13.4 Å². The number of benzene rings is 1. The van der Waals surface area contributed by atoms with Gasteiger partial charge in [-0.15, -0.1) is 11.3 Å². The molecule has 6 aliphatic heterocycles. The zero-order chi connectivity index (χ0) is 38.0. The Hall–Kier alpha value is -3.47. The molecule has 3 N–H and O–H groups in total. The van der Waals surface area contributed by atoms with E-state index in [0.29, 0.717) is 23.4 Å². The fraction of sp³-hybridized carbons (Fsp3) is 0.579. The summed E-state index contributed by atoms with van der Waals surface area (Å²) in [6.45, 7) is 6.01. The minimum Gasteiger partial charge on any atom is -0.461 e. The number of piperazine rings is 1. The van der Waals surface area contributed by atoms with Crippen LogP contribution < -0.4 is 15.4 Å². The lowest BCUT2D eigenvalue weighted by molar-refractivity contribution is -0.0687. The van der Waals surface area contributed by atoms with Gasteiger partial charge in [0.2, 0.25) is 0 Å². The number of ether oxygens (including phenoxy) is 4. The molecule has 2 bridgehead atoms. The summed E-state index contributed by atoms with van der Waals surface area (Å²) in [5.74, 6) is -0.584. The number of anilines is 2. The lowest BCUT2D eigenvalue weighted by atomic mass is 9.93. The minimum absolute atomic E-state index is 0.0783. The highest BCUT2D eigenvalue weighted by molar-refractivity contribution is 7.93. The summed E-state index contributed by atoms with van der Waals surface area (Å²) in [4.78, 5) is 21.7. The zero-order valence-electron chi connectivity index (χ0n) is 30.9. The van der Waals surface area contributed by atoms with Crippen LogP contribution in [-0.2, 0) is 27.4 Å². The molecule has 13 nitrogen and oxygen atoms in total. The summed E-state index contributed by atoms with van der Waals surface area (Å²) in [5.41, 5.74) is 7.83. The number of aromatic nitrogens is 3. The van der Waals surface area contributed by atoms with Crippen molar-refractivity contribution in [3.63, 3.8) is 0 Å². The molecule has 5 saturated heterocycles. The van der Waals surface area contributed by atoms with Crippen LogP contribution in [0, 0.1) is 23.0 Å². The topological polar surface area (TPSA) is 155 Å². The Kier molecular flexibility index (Phi) is 9.99. The lowest BCUT2D eigenvalue weighted by Crippen LogP contribution is -2.56. The number of nitrogens with two attached hydrogens (primary N) is 1. The number of nitriles is 1. The smallest absolute Gasteiger partial charge is 0.319 e. The Balaban J connectivity index is 0.00000128. The van der Waals surface area contributed by atoms with Crippen LogP contribution in [0.4, 0.5) is 19.6 Å². The predicted octanol–water partition coefficient (Wildman–Crippen LogP) is 5.57. The predicted molar refractivity (Wildman–Crippen MR) is 206 cm³/mol. The van der Waals surface area contributed by atoms with E-state index >= 15 is 8.78 Å². The third-order valence-electron chi connectivity index (χ3n) is 12.4. The van der Waals surface area contributed by atoms with E-state index in [2.05, 4.69) is 25.8 Å². The number of thiophene rings is 1. The number of methoxy groups -OCH3 is 1. The molecule has 292 valence electrons. The molecule has 4 aromatic rings. The van der Waals surface area contributed by atoms with Crippen molar-refractivity contribution in [2.75, 3.05) is 69.9 Å². The first-order valence-electron chi connectivity index (χ1n) is 18.9. The van der Waals surface area contributed by atoms with Crippen LogP contribution in [0.1, 0.15) is 55.2 Å². The number of nitrogens with zero attached hydrogens (tertiary/aromatic N) is 7. The Labute approximate surface area is 325 Å². The molecular weight excluding hydrogens is 751 g/mol. The van der Waals surface area contributed by atoms with Gasteiger partial charge in [0.15, 0.2) is 11.6 Å². The van der Waals surface area contributed by atoms with Gasteiger partial charge in [-0.3, -0.25) is 14.8 Å². The number of rotatable bonds is 8. The van der Waals surface area contributed by atoms with Crippen LogP contribution in [0.15, 0.2) is 6.20 Å². The molecule has 10 rings (SSSR count). The molecule has 9 heterocycles. The van der Waals surface area contributed by atoms with Crippen molar-refractivity contribution >= 4 is 55.2 Å². The Morgan fingerprint density at radius 3 is 2.62 bits per heavy atom. The molecule has 17 heteroatoms. The van der Waals surface area contributed by atoms with Gasteiger partial charge >= 0.3 is 6.01 Å². The zero-order valence-corrected chi connectivity index (χ0v) is 32.5. The third kappa shape index (κ3) is 6.20. The molecule has 5 unspecified atom stereocenters. The Morgan fingerprint density at radius 1 is 1.15 bits per heavy atom. The second kappa shape index (κ2) is 14.8. The molecular formula is C38H44F2N8O5S2. The van der Waals surface area contributed by atoms with Gasteiger partial charge < -0.3 is 34.1 Å². The summed E-state index contributed by atoms with van der Waals surface area (Å²) in [5, 5.41) is 11.0. The van der Waals surface area contributed by atoms with Crippen LogP contribution in [-0.4, -0.2) is 118 Å². The molecule has 3 aromatic heterocycles. The highest BCUT2D eigenvalue weighted by Gasteiger charge is 2.50. The maximum absolute atomic E-state index is 17.6. The van der Waals surface area contributed by atoms with Gasteiger partial charge in [-0.05, 0) is 68.2 Å². The fourth-order valence-electron chi connectivity index (χ4n) is 9.90. The van der Waals surface area contributed by atoms with Crippen molar-refractivity contribution in [3.05, 3.63) is 34.5 Å². The summed E-state index contributed by atoms with van der Waals surface area (Å²) >= 11 is 1.71. The summed E-state index contributed by atoms with van der Waals surface area (Å²) in [6, 6.07) is 2.57. The third-order valence-corrected chi connectivity index (χ3v) is 13.5. The number of hydrogen-bond acceptors (Lipinski definition) is 15. The van der Waals surface area contributed by atoms with Gasteiger partial charge in [0.05, 0.1) is 58.5 Å². The number of pyridine rings is 1. The van der Waals surface area contributed by atoms with E-state index in [1.165, 1.54) is 0 Å². The van der Waals surface area contributed by atoms with Gasteiger partial charge in [0, 0.05) is 69.2 Å². The molecule has 5 fully saturated rings. The molecule has 55 heavy (non-hydrogen) atoms. The normalized spacial score (nSPS) is 27.2. The number of halogens is 2. The molecule has 0 saturated carbocycles. The first kappa shape index (κ1) is 37.1. The maximum atomic E-state index is 17.6. The molecule has 1 aromatic carbocycles. The largest absolute Gasteiger partial charge is 0.461 e. The maximum Gasteiger partial charge on any atom is 0.319 e. The van der Waals surface area contributed by atoms with Crippen LogP contribution in [0.3, 0.4) is 0 Å². The van der Waals surface area contributed by atoms with E-state index in [9.17, 15) is 5.26 Å². The SMILES string of the molecule is COC1CN2CCCC2(COc2nc(N3C4CCC3CN(CC3CCO3)C4)c3c4c(c(-c5ncc(F)c6sc(N)c(C#N)c56)c(F)c3n2)COC4)C1.CSO. The van der Waals surface area contributed by atoms with E-state index in [0.717, 1.165) is 113 Å². The quantitative estimate of drug-likeness (QED) is 0.214.